The Hall–Kier alpha value is -1.92. The third kappa shape index (κ3) is 6.03. The van der Waals surface area contributed by atoms with Gasteiger partial charge in [0, 0.05) is 32.4 Å². The Kier molecular flexibility index (Phi) is 7.46. The Bertz CT molecular complexity index is 783. The Balaban J connectivity index is 0.000000370. The molecule has 0 bridgehead atoms. The number of anilines is 1. The van der Waals surface area contributed by atoms with E-state index in [1.54, 1.807) is 17.4 Å². The van der Waals surface area contributed by atoms with Crippen molar-refractivity contribution in [1.29, 1.82) is 0 Å². The minimum absolute atomic E-state index is 0.162. The van der Waals surface area contributed by atoms with Crippen molar-refractivity contribution >= 4 is 21.8 Å². The van der Waals surface area contributed by atoms with Crippen LogP contribution in [0.4, 0.5) is 19.0 Å². The number of hydrogen-bond acceptors (Lipinski definition) is 6. The average molecular weight is 439 g/mol. The first kappa shape index (κ1) is 23.4. The molecule has 0 radical (unpaired) electrons. The van der Waals surface area contributed by atoms with Gasteiger partial charge in [0.05, 0.1) is 11.4 Å². The number of halogens is 3. The van der Waals surface area contributed by atoms with Crippen molar-refractivity contribution in [3.63, 3.8) is 0 Å². The third-order valence-corrected chi connectivity index (χ3v) is 6.73. The molecule has 1 aromatic rings. The highest BCUT2D eigenvalue weighted by molar-refractivity contribution is 7.89. The molecule has 2 saturated heterocycles. The number of sulfonamides is 1. The van der Waals surface area contributed by atoms with Gasteiger partial charge in [-0.05, 0) is 37.8 Å². The number of ether oxygens (including phenoxy) is 1. The normalized spacial score (nSPS) is 21.2. The van der Waals surface area contributed by atoms with E-state index in [0.717, 1.165) is 31.8 Å². The third-order valence-electron chi connectivity index (χ3n) is 4.95. The van der Waals surface area contributed by atoms with Gasteiger partial charge >= 0.3 is 12.1 Å². The zero-order valence-corrected chi connectivity index (χ0v) is 16.7. The summed E-state index contributed by atoms with van der Waals surface area (Å²) in [6, 6.07) is 5.79. The van der Waals surface area contributed by atoms with Gasteiger partial charge in [0.25, 0.3) is 0 Å². The fourth-order valence-electron chi connectivity index (χ4n) is 3.31. The summed E-state index contributed by atoms with van der Waals surface area (Å²) in [5.74, 6) is -1.31. The summed E-state index contributed by atoms with van der Waals surface area (Å²) in [7, 11) is -3.08. The van der Waals surface area contributed by atoms with E-state index in [1.165, 1.54) is 0 Å². The van der Waals surface area contributed by atoms with E-state index in [2.05, 4.69) is 10.3 Å². The Labute approximate surface area is 167 Å². The van der Waals surface area contributed by atoms with Crippen LogP contribution in [0.15, 0.2) is 24.4 Å². The van der Waals surface area contributed by atoms with Crippen LogP contribution in [0.2, 0.25) is 0 Å². The maximum Gasteiger partial charge on any atom is 0.490 e. The maximum atomic E-state index is 11.9. The molecule has 1 atom stereocenters. The highest BCUT2D eigenvalue weighted by Gasteiger charge is 2.55. The fourth-order valence-corrected chi connectivity index (χ4v) is 4.51. The number of aliphatic carboxylic acids is 1. The van der Waals surface area contributed by atoms with Crippen molar-refractivity contribution in [3.8, 4) is 0 Å². The summed E-state index contributed by atoms with van der Waals surface area (Å²) < 4.78 is 63.0. The van der Waals surface area contributed by atoms with Crippen molar-refractivity contribution in [1.82, 2.24) is 9.29 Å². The molecule has 12 heteroatoms. The summed E-state index contributed by atoms with van der Waals surface area (Å²) in [4.78, 5) is 13.1. The van der Waals surface area contributed by atoms with Gasteiger partial charge in [-0.25, -0.2) is 18.2 Å². The van der Waals surface area contributed by atoms with Crippen LogP contribution in [0.3, 0.4) is 0 Å². The number of carboxylic acid groups (broad SMARTS) is 1. The molecule has 1 spiro atoms. The van der Waals surface area contributed by atoms with Crippen LogP contribution < -0.4 is 5.32 Å². The van der Waals surface area contributed by atoms with Gasteiger partial charge in [-0.3, -0.25) is 0 Å². The summed E-state index contributed by atoms with van der Waals surface area (Å²) in [5, 5.41) is 10.4. The lowest BCUT2D eigenvalue weighted by atomic mass is 9.80. The molecular weight excluding hydrogens is 415 g/mol. The molecule has 2 fully saturated rings. The highest BCUT2D eigenvalue weighted by atomic mass is 32.2. The predicted octanol–water partition coefficient (Wildman–Crippen LogP) is 1.96. The van der Waals surface area contributed by atoms with Crippen LogP contribution in [0, 0.1) is 5.92 Å². The van der Waals surface area contributed by atoms with Crippen molar-refractivity contribution in [2.45, 2.75) is 31.5 Å². The van der Waals surface area contributed by atoms with Crippen molar-refractivity contribution in [3.05, 3.63) is 24.4 Å². The molecule has 3 heterocycles. The first-order chi connectivity index (χ1) is 13.5. The first-order valence-corrected chi connectivity index (χ1v) is 10.7. The van der Waals surface area contributed by atoms with Crippen LogP contribution in [-0.2, 0) is 19.6 Å². The number of nitrogens with one attached hydrogen (secondary N) is 1. The van der Waals surface area contributed by atoms with Crippen LogP contribution in [0.1, 0.15) is 19.8 Å². The van der Waals surface area contributed by atoms with Gasteiger partial charge in [0.2, 0.25) is 10.0 Å². The lowest BCUT2D eigenvalue weighted by molar-refractivity contribution is -0.192. The molecule has 1 aromatic heterocycles. The number of aromatic nitrogens is 1. The predicted molar refractivity (Wildman–Crippen MR) is 98.9 cm³/mol. The Morgan fingerprint density at radius 2 is 2.07 bits per heavy atom. The monoisotopic (exact) mass is 439 g/mol. The molecule has 0 saturated carbocycles. The fraction of sp³-hybridized carbons (Fsp3) is 0.647. The second kappa shape index (κ2) is 9.26. The zero-order chi connectivity index (χ0) is 21.7. The van der Waals surface area contributed by atoms with E-state index >= 15 is 0 Å². The average Bonchev–Trinajstić information content (AvgIpc) is 3.05. The molecule has 0 aromatic carbocycles. The van der Waals surface area contributed by atoms with Gasteiger partial charge in [-0.1, -0.05) is 6.07 Å². The van der Waals surface area contributed by atoms with Crippen LogP contribution in [0.5, 0.6) is 0 Å². The van der Waals surface area contributed by atoms with Gasteiger partial charge in [-0.15, -0.1) is 0 Å². The van der Waals surface area contributed by atoms with Crippen molar-refractivity contribution in [2.24, 2.45) is 5.92 Å². The maximum absolute atomic E-state index is 11.9. The number of rotatable bonds is 6. The van der Waals surface area contributed by atoms with E-state index in [0.29, 0.717) is 19.0 Å². The molecule has 2 aliphatic heterocycles. The summed E-state index contributed by atoms with van der Waals surface area (Å²) in [5.41, 5.74) is -0.256. The van der Waals surface area contributed by atoms with E-state index in [4.69, 9.17) is 14.6 Å². The summed E-state index contributed by atoms with van der Waals surface area (Å²) in [6.07, 6.45) is -1.34. The summed E-state index contributed by atoms with van der Waals surface area (Å²) in [6.45, 7) is 4.26. The molecule has 1 unspecified atom stereocenters. The second-order valence-electron chi connectivity index (χ2n) is 6.80. The van der Waals surface area contributed by atoms with Gasteiger partial charge in [0.15, 0.2) is 0 Å². The Morgan fingerprint density at radius 1 is 1.41 bits per heavy atom. The Morgan fingerprint density at radius 3 is 2.59 bits per heavy atom. The quantitative estimate of drug-likeness (QED) is 0.697. The minimum atomic E-state index is -5.08. The molecule has 8 nitrogen and oxygen atoms in total. The number of carbonyl (C=O) groups is 1. The molecule has 29 heavy (non-hydrogen) atoms. The molecule has 3 rings (SSSR count). The number of pyridine rings is 1. The van der Waals surface area contributed by atoms with E-state index in [-0.39, 0.29) is 11.4 Å². The van der Waals surface area contributed by atoms with Crippen molar-refractivity contribution in [2.75, 3.05) is 37.3 Å². The van der Waals surface area contributed by atoms with E-state index < -0.39 is 22.2 Å². The number of hydrogen-bond donors (Lipinski definition) is 2. The molecule has 0 aliphatic carbocycles. The van der Waals surface area contributed by atoms with Gasteiger partial charge < -0.3 is 15.2 Å². The largest absolute Gasteiger partial charge is 0.490 e. The van der Waals surface area contributed by atoms with Gasteiger partial charge in [-0.2, -0.15) is 17.5 Å². The zero-order valence-electron chi connectivity index (χ0n) is 15.9. The molecular formula is C17H24F3N3O5S. The second-order valence-corrected chi connectivity index (χ2v) is 9.06. The van der Waals surface area contributed by atoms with Gasteiger partial charge in [0.1, 0.15) is 5.82 Å². The minimum Gasteiger partial charge on any atom is -0.475 e. The molecule has 2 N–H and O–H groups in total. The van der Waals surface area contributed by atoms with E-state index in [1.807, 2.05) is 18.2 Å². The first-order valence-electron chi connectivity index (χ1n) is 9.07. The summed E-state index contributed by atoms with van der Waals surface area (Å²) >= 11 is 0. The topological polar surface area (TPSA) is 109 Å². The van der Waals surface area contributed by atoms with Crippen LogP contribution >= 0.6 is 0 Å². The lowest BCUT2D eigenvalue weighted by Crippen LogP contribution is -2.66. The number of nitrogens with zero attached hydrogens (tertiary/aromatic N) is 2. The highest BCUT2D eigenvalue weighted by Crippen LogP contribution is 2.42. The number of carboxylic acids is 1. The van der Waals surface area contributed by atoms with Crippen LogP contribution in [0.25, 0.3) is 0 Å². The standard InChI is InChI=1S/C15H23N3O3S.C2HF3O2/c1-2-22(19,20)18-11-15(12-18)13(7-10-21-15)6-9-17-14-5-3-4-8-16-14;3-2(4,5)1(6)7/h3-5,8,13H,2,6-7,9-12H2,1H3,(H,16,17);(H,6,7). The smallest absolute Gasteiger partial charge is 0.475 e. The SMILES string of the molecule is CCS(=O)(=O)N1CC2(C1)OCCC2CCNc1ccccn1.O=C(O)C(F)(F)F. The molecule has 164 valence electrons. The van der Waals surface area contributed by atoms with Crippen LogP contribution in [-0.4, -0.2) is 72.6 Å². The van der Waals surface area contributed by atoms with E-state index in [9.17, 15) is 21.6 Å². The molecule has 0 amide bonds. The number of alkyl halides is 3. The molecule has 2 aliphatic rings. The lowest BCUT2D eigenvalue weighted by Gasteiger charge is -2.49. The van der Waals surface area contributed by atoms with Crippen molar-refractivity contribution < 1.29 is 36.2 Å².